The van der Waals surface area contributed by atoms with Gasteiger partial charge in [-0.1, -0.05) is 35.9 Å². The average Bonchev–Trinajstić information content (AvgIpc) is 2.87. The van der Waals surface area contributed by atoms with Crippen LogP contribution in [0.3, 0.4) is 0 Å². The second-order valence-corrected chi connectivity index (χ2v) is 5.41. The van der Waals surface area contributed by atoms with E-state index in [0.717, 1.165) is 16.5 Å². The summed E-state index contributed by atoms with van der Waals surface area (Å²) in [4.78, 5) is 14.2. The smallest absolute Gasteiger partial charge is 0.217 e. The van der Waals surface area contributed by atoms with Gasteiger partial charge in [-0.2, -0.15) is 0 Å². The van der Waals surface area contributed by atoms with E-state index in [2.05, 4.69) is 54.4 Å². The third-order valence-electron chi connectivity index (χ3n) is 3.76. The number of aromatic amines is 1. The Hall–Kier alpha value is -2.55. The molecule has 106 valence electrons. The predicted molar refractivity (Wildman–Crippen MR) is 86.0 cm³/mol. The minimum absolute atomic E-state index is 0.265. The van der Waals surface area contributed by atoms with Gasteiger partial charge in [0, 0.05) is 23.5 Å². The number of amides is 1. The molecule has 0 aliphatic heterocycles. The highest BCUT2D eigenvalue weighted by Crippen LogP contribution is 2.27. The zero-order chi connectivity index (χ0) is 14.8. The molecule has 0 fully saturated rings. The van der Waals surface area contributed by atoms with Crippen LogP contribution in [-0.4, -0.2) is 10.9 Å². The monoisotopic (exact) mass is 278 g/mol. The Labute approximate surface area is 123 Å². The third kappa shape index (κ3) is 2.82. The maximum Gasteiger partial charge on any atom is 0.217 e. The standard InChI is InChI=1S/C18H18N2O/c1-12-3-2-4-13(9-12)14-5-7-17-16(10-14)15(11-20-17)6-8-18(19)21/h2-5,7,9-11,20H,6,8H2,1H3,(H2,19,21). The number of aromatic nitrogens is 1. The Bertz CT molecular complexity index is 802. The third-order valence-corrected chi connectivity index (χ3v) is 3.76. The highest BCUT2D eigenvalue weighted by molar-refractivity contribution is 5.88. The number of hydrogen-bond acceptors (Lipinski definition) is 1. The zero-order valence-corrected chi connectivity index (χ0v) is 12.0. The van der Waals surface area contributed by atoms with Crippen LogP contribution < -0.4 is 5.73 Å². The van der Waals surface area contributed by atoms with Crippen molar-refractivity contribution in [1.29, 1.82) is 0 Å². The molecule has 0 saturated carbocycles. The zero-order valence-electron chi connectivity index (χ0n) is 12.0. The lowest BCUT2D eigenvalue weighted by molar-refractivity contribution is -0.117. The summed E-state index contributed by atoms with van der Waals surface area (Å²) in [7, 11) is 0. The van der Waals surface area contributed by atoms with Crippen molar-refractivity contribution in [2.24, 2.45) is 5.73 Å². The lowest BCUT2D eigenvalue weighted by atomic mass is 10.00. The molecular weight excluding hydrogens is 260 g/mol. The van der Waals surface area contributed by atoms with E-state index < -0.39 is 0 Å². The molecule has 0 unspecified atom stereocenters. The first-order valence-corrected chi connectivity index (χ1v) is 7.09. The Morgan fingerprint density at radius 3 is 2.71 bits per heavy atom. The average molecular weight is 278 g/mol. The number of aryl methyl sites for hydroxylation is 2. The summed E-state index contributed by atoms with van der Waals surface area (Å²) in [5.41, 5.74) is 11.1. The van der Waals surface area contributed by atoms with Crippen molar-refractivity contribution in [3.05, 3.63) is 59.8 Å². The fourth-order valence-electron chi connectivity index (χ4n) is 2.65. The molecule has 3 N–H and O–H groups in total. The van der Waals surface area contributed by atoms with Gasteiger partial charge in [0.1, 0.15) is 0 Å². The molecule has 0 bridgehead atoms. The number of carbonyl (C=O) groups is 1. The first kappa shape index (κ1) is 13.4. The Kier molecular flexibility index (Phi) is 3.48. The summed E-state index contributed by atoms with van der Waals surface area (Å²) in [5.74, 6) is -0.265. The van der Waals surface area contributed by atoms with E-state index in [1.807, 2.05) is 6.20 Å². The summed E-state index contributed by atoms with van der Waals surface area (Å²) in [6.45, 7) is 2.09. The normalized spacial score (nSPS) is 10.9. The number of primary amides is 1. The number of H-pyrrole nitrogens is 1. The Morgan fingerprint density at radius 1 is 1.14 bits per heavy atom. The van der Waals surface area contributed by atoms with Gasteiger partial charge in [0.05, 0.1) is 0 Å². The molecule has 0 aliphatic rings. The van der Waals surface area contributed by atoms with Crippen LogP contribution in [-0.2, 0) is 11.2 Å². The number of benzene rings is 2. The van der Waals surface area contributed by atoms with Gasteiger partial charge in [-0.25, -0.2) is 0 Å². The van der Waals surface area contributed by atoms with Crippen LogP contribution in [0.5, 0.6) is 0 Å². The van der Waals surface area contributed by atoms with Crippen molar-refractivity contribution >= 4 is 16.8 Å². The maximum atomic E-state index is 11.0. The van der Waals surface area contributed by atoms with Crippen LogP contribution in [0.4, 0.5) is 0 Å². The molecule has 1 aromatic heterocycles. The SMILES string of the molecule is Cc1cccc(-c2ccc3[nH]cc(CCC(N)=O)c3c2)c1. The Balaban J connectivity index is 2.02. The minimum Gasteiger partial charge on any atom is -0.370 e. The first-order valence-electron chi connectivity index (χ1n) is 7.09. The molecule has 1 amide bonds. The van der Waals surface area contributed by atoms with E-state index in [1.165, 1.54) is 16.7 Å². The van der Waals surface area contributed by atoms with Crippen LogP contribution in [0.1, 0.15) is 17.5 Å². The molecule has 21 heavy (non-hydrogen) atoms. The van der Waals surface area contributed by atoms with Crippen molar-refractivity contribution in [3.8, 4) is 11.1 Å². The van der Waals surface area contributed by atoms with Crippen molar-refractivity contribution in [1.82, 2.24) is 4.98 Å². The second kappa shape index (κ2) is 5.44. The first-order chi connectivity index (χ1) is 10.1. The van der Waals surface area contributed by atoms with E-state index in [4.69, 9.17) is 5.73 Å². The number of fused-ring (bicyclic) bond motifs is 1. The second-order valence-electron chi connectivity index (χ2n) is 5.41. The van der Waals surface area contributed by atoms with Gasteiger partial charge >= 0.3 is 0 Å². The van der Waals surface area contributed by atoms with Gasteiger partial charge in [-0.05, 0) is 42.2 Å². The van der Waals surface area contributed by atoms with Crippen LogP contribution in [0.15, 0.2) is 48.7 Å². The molecule has 3 rings (SSSR count). The van der Waals surface area contributed by atoms with Crippen molar-refractivity contribution in [3.63, 3.8) is 0 Å². The van der Waals surface area contributed by atoms with Gasteiger partial charge in [-0.3, -0.25) is 4.79 Å². The molecule has 3 nitrogen and oxygen atoms in total. The molecule has 0 spiro atoms. The fraction of sp³-hybridized carbons (Fsp3) is 0.167. The largest absolute Gasteiger partial charge is 0.370 e. The molecular formula is C18H18N2O. The van der Waals surface area contributed by atoms with Crippen LogP contribution >= 0.6 is 0 Å². The summed E-state index contributed by atoms with van der Waals surface area (Å²) >= 11 is 0. The van der Waals surface area contributed by atoms with Crippen LogP contribution in [0.25, 0.3) is 22.0 Å². The molecule has 3 aromatic rings. The van der Waals surface area contributed by atoms with Crippen molar-refractivity contribution in [2.75, 3.05) is 0 Å². The van der Waals surface area contributed by atoms with Crippen molar-refractivity contribution in [2.45, 2.75) is 19.8 Å². The molecule has 3 heteroatoms. The maximum absolute atomic E-state index is 11.0. The van der Waals surface area contributed by atoms with Crippen molar-refractivity contribution < 1.29 is 4.79 Å². The highest BCUT2D eigenvalue weighted by Gasteiger charge is 2.07. The lowest BCUT2D eigenvalue weighted by Crippen LogP contribution is -2.10. The number of rotatable bonds is 4. The molecule has 0 atom stereocenters. The minimum atomic E-state index is -0.265. The highest BCUT2D eigenvalue weighted by atomic mass is 16.1. The van der Waals surface area contributed by atoms with Gasteiger partial charge in [0.25, 0.3) is 0 Å². The van der Waals surface area contributed by atoms with E-state index >= 15 is 0 Å². The molecule has 0 saturated heterocycles. The van der Waals surface area contributed by atoms with Gasteiger partial charge in [0.15, 0.2) is 0 Å². The molecule has 1 heterocycles. The Morgan fingerprint density at radius 2 is 1.95 bits per heavy atom. The van der Waals surface area contributed by atoms with E-state index in [0.29, 0.717) is 12.8 Å². The lowest BCUT2D eigenvalue weighted by Gasteiger charge is -2.04. The summed E-state index contributed by atoms with van der Waals surface area (Å²) in [6.07, 6.45) is 3.02. The van der Waals surface area contributed by atoms with Crippen LogP contribution in [0, 0.1) is 6.92 Å². The predicted octanol–water partition coefficient (Wildman–Crippen LogP) is 3.56. The summed E-state index contributed by atoms with van der Waals surface area (Å²) < 4.78 is 0. The number of carbonyl (C=O) groups excluding carboxylic acids is 1. The molecule has 0 radical (unpaired) electrons. The molecule has 0 aliphatic carbocycles. The quantitative estimate of drug-likeness (QED) is 0.753. The van der Waals surface area contributed by atoms with Gasteiger partial charge in [-0.15, -0.1) is 0 Å². The molecule has 2 aromatic carbocycles. The number of nitrogens with two attached hydrogens (primary N) is 1. The summed E-state index contributed by atoms with van der Waals surface area (Å²) in [5, 5.41) is 1.16. The summed E-state index contributed by atoms with van der Waals surface area (Å²) in [6, 6.07) is 14.8. The van der Waals surface area contributed by atoms with E-state index in [1.54, 1.807) is 0 Å². The fourth-order valence-corrected chi connectivity index (χ4v) is 2.65. The van der Waals surface area contributed by atoms with Crippen LogP contribution in [0.2, 0.25) is 0 Å². The number of nitrogens with one attached hydrogen (secondary N) is 1. The van der Waals surface area contributed by atoms with E-state index in [9.17, 15) is 4.79 Å². The van der Waals surface area contributed by atoms with Gasteiger partial charge in [0.2, 0.25) is 5.91 Å². The van der Waals surface area contributed by atoms with E-state index in [-0.39, 0.29) is 5.91 Å². The van der Waals surface area contributed by atoms with Gasteiger partial charge < -0.3 is 10.7 Å². The topological polar surface area (TPSA) is 58.9 Å². The number of hydrogen-bond donors (Lipinski definition) is 2.